The Labute approximate surface area is 257 Å². The zero-order valence-electron chi connectivity index (χ0n) is 26.4. The Morgan fingerprint density at radius 3 is 2.12 bits per heavy atom. The Kier molecular flexibility index (Phi) is 9.71. The van der Waals surface area contributed by atoms with Gasteiger partial charge in [-0.1, -0.05) is 82.0 Å². The summed E-state index contributed by atoms with van der Waals surface area (Å²) >= 11 is 0. The number of pyridine rings is 2. The molecular weight excluding hydrogens is 688 g/mol. The Bertz CT molecular complexity index is 1600. The Morgan fingerprint density at radius 1 is 0.850 bits per heavy atom. The van der Waals surface area contributed by atoms with E-state index in [1.807, 2.05) is 54.7 Å². The van der Waals surface area contributed by atoms with Crippen molar-refractivity contribution in [2.45, 2.75) is 45.8 Å². The summed E-state index contributed by atoms with van der Waals surface area (Å²) < 4.78 is 38.7. The van der Waals surface area contributed by atoms with Crippen LogP contribution in [-0.4, -0.2) is 18.0 Å². The van der Waals surface area contributed by atoms with Gasteiger partial charge in [-0.3, -0.25) is 4.39 Å². The summed E-state index contributed by atoms with van der Waals surface area (Å²) in [5.41, 5.74) is 4.75. The van der Waals surface area contributed by atoms with Gasteiger partial charge in [0.15, 0.2) is 0 Å². The molecule has 5 rings (SSSR count). The van der Waals surface area contributed by atoms with E-state index >= 15 is 0 Å². The third kappa shape index (κ3) is 8.63. The number of halogens is 1. The number of nitrogens with zero attached hydrogens (tertiary/aromatic N) is 2. The van der Waals surface area contributed by atoms with Crippen LogP contribution < -0.4 is 5.19 Å². The molecule has 0 aliphatic carbocycles. The van der Waals surface area contributed by atoms with Gasteiger partial charge in [-0.05, 0) is 45.5 Å². The maximum atomic E-state index is 12.8. The van der Waals surface area contributed by atoms with Gasteiger partial charge in [0.2, 0.25) is 0 Å². The van der Waals surface area contributed by atoms with Crippen molar-refractivity contribution in [2.75, 3.05) is 0 Å². The molecule has 0 unspecified atom stereocenters. The van der Waals surface area contributed by atoms with Gasteiger partial charge in [0.25, 0.3) is 0 Å². The minimum Gasteiger partial charge on any atom is -0.305 e. The summed E-state index contributed by atoms with van der Waals surface area (Å²) in [6.07, 6.45) is 1.83. The number of rotatable bonds is 6. The van der Waals surface area contributed by atoms with Crippen molar-refractivity contribution in [3.8, 4) is 22.5 Å². The molecular formula is C35H35FIrN2Si-2. The summed E-state index contributed by atoms with van der Waals surface area (Å²) in [5.74, 6) is -1.23. The second-order valence-corrected chi connectivity index (χ2v) is 15.6. The maximum absolute atomic E-state index is 12.8. The third-order valence-electron chi connectivity index (χ3n) is 6.16. The van der Waals surface area contributed by atoms with Gasteiger partial charge in [0.1, 0.15) is 0 Å². The van der Waals surface area contributed by atoms with Crippen LogP contribution in [0, 0.1) is 17.9 Å². The van der Waals surface area contributed by atoms with Crippen molar-refractivity contribution in [1.82, 2.24) is 9.97 Å². The van der Waals surface area contributed by atoms with Crippen molar-refractivity contribution in [3.05, 3.63) is 138 Å². The van der Waals surface area contributed by atoms with E-state index in [1.165, 1.54) is 17.3 Å². The molecule has 0 N–H and O–H groups in total. The van der Waals surface area contributed by atoms with Crippen molar-refractivity contribution < 1.29 is 28.6 Å². The number of hydrogen-bond acceptors (Lipinski definition) is 2. The molecule has 0 aliphatic rings. The third-order valence-corrected chi connectivity index (χ3v) is 8.19. The first-order valence-corrected chi connectivity index (χ1v) is 16.4. The molecule has 207 valence electrons. The molecule has 40 heavy (non-hydrogen) atoms. The normalized spacial score (nSPS) is 12.6. The molecule has 3 aromatic carbocycles. The largest absolute Gasteiger partial charge is 0.305 e. The zero-order valence-corrected chi connectivity index (χ0v) is 26.8. The SMILES string of the molecule is C[Si](C)(C)c1ccc(-c2[c-]cc(F)cc2)nc1.[2H]C(C)(C)c1cnc(-c2[c-]cccc2)cc1C([2H])([2H])c1ccccc1.[Ir]. The summed E-state index contributed by atoms with van der Waals surface area (Å²) in [5, 5.41) is 1.32. The van der Waals surface area contributed by atoms with Crippen LogP contribution in [0.2, 0.25) is 19.6 Å². The number of hydrogen-bond donors (Lipinski definition) is 0. The standard InChI is InChI=1S/C21H20N.C14H15FNSi.Ir/c1-16(2)20-15-22-21(18-11-7-4-8-12-18)14-19(20)13-17-9-5-3-6-10-17;1-17(2,3)13-8-9-14(16-10-13)11-4-6-12(15)7-5-11;/h3-11,14-16H,13H2,1-2H3;4,6-10H,1-3H3;/q2*-1;/i13D2,16D;;. The first-order valence-electron chi connectivity index (χ1n) is 14.4. The quantitative estimate of drug-likeness (QED) is 0.130. The molecule has 0 saturated heterocycles. The number of benzene rings is 3. The van der Waals surface area contributed by atoms with Crippen LogP contribution in [-0.2, 0) is 26.5 Å². The van der Waals surface area contributed by atoms with Crippen molar-refractivity contribution in [2.24, 2.45) is 0 Å². The number of aromatic nitrogens is 2. The van der Waals surface area contributed by atoms with E-state index < -0.39 is 20.3 Å². The van der Waals surface area contributed by atoms with Crippen molar-refractivity contribution in [1.29, 1.82) is 0 Å². The maximum Gasteiger partial charge on any atom is 0.0795 e. The predicted octanol–water partition coefficient (Wildman–Crippen LogP) is 8.49. The minimum atomic E-state index is -1.72. The molecule has 5 aromatic rings. The average Bonchev–Trinajstić information content (AvgIpc) is 2.98. The van der Waals surface area contributed by atoms with E-state index in [0.29, 0.717) is 22.4 Å². The van der Waals surface area contributed by atoms with Gasteiger partial charge < -0.3 is 9.97 Å². The van der Waals surface area contributed by atoms with Crippen LogP contribution in [0.15, 0.2) is 103 Å². The average molecular weight is 726 g/mol. The molecule has 0 atom stereocenters. The zero-order chi connectivity index (χ0) is 30.5. The van der Waals surface area contributed by atoms with Gasteiger partial charge in [0.05, 0.1) is 8.07 Å². The fourth-order valence-corrected chi connectivity index (χ4v) is 4.93. The van der Waals surface area contributed by atoms with E-state index in [-0.39, 0.29) is 25.9 Å². The molecule has 0 saturated carbocycles. The fraction of sp³-hybridized carbons (Fsp3) is 0.200. The van der Waals surface area contributed by atoms with Crippen LogP contribution >= 0.6 is 0 Å². The van der Waals surface area contributed by atoms with Gasteiger partial charge in [-0.15, -0.1) is 65.7 Å². The molecule has 0 spiro atoms. The fourth-order valence-electron chi connectivity index (χ4n) is 3.90. The van der Waals surface area contributed by atoms with Crippen LogP contribution in [0.4, 0.5) is 4.39 Å². The Balaban J connectivity index is 0.000000247. The van der Waals surface area contributed by atoms with Gasteiger partial charge in [0, 0.05) is 42.4 Å². The summed E-state index contributed by atoms with van der Waals surface area (Å²) in [6, 6.07) is 32.9. The summed E-state index contributed by atoms with van der Waals surface area (Å²) in [7, 11) is -1.30. The van der Waals surface area contributed by atoms with E-state index in [2.05, 4.69) is 47.8 Å². The minimum absolute atomic E-state index is 0. The van der Waals surface area contributed by atoms with Crippen LogP contribution in [0.25, 0.3) is 22.5 Å². The van der Waals surface area contributed by atoms with Gasteiger partial charge >= 0.3 is 0 Å². The molecule has 5 heteroatoms. The second kappa shape index (κ2) is 14.4. The molecule has 0 bridgehead atoms. The van der Waals surface area contributed by atoms with E-state index in [0.717, 1.165) is 16.8 Å². The summed E-state index contributed by atoms with van der Waals surface area (Å²) in [6.45, 7) is 10.4. The van der Waals surface area contributed by atoms with E-state index in [1.54, 1.807) is 44.3 Å². The molecule has 0 fully saturated rings. The molecule has 2 aromatic heterocycles. The molecule has 0 aliphatic heterocycles. The van der Waals surface area contributed by atoms with E-state index in [4.69, 9.17) is 4.11 Å². The summed E-state index contributed by atoms with van der Waals surface area (Å²) in [4.78, 5) is 8.89. The smallest absolute Gasteiger partial charge is 0.0795 e. The molecule has 2 nitrogen and oxygen atoms in total. The van der Waals surface area contributed by atoms with Crippen LogP contribution in [0.5, 0.6) is 0 Å². The Hall–Kier alpha value is -3.24. The first kappa shape index (κ1) is 27.0. The molecule has 2 heterocycles. The van der Waals surface area contributed by atoms with Crippen LogP contribution in [0.1, 0.15) is 40.5 Å². The predicted molar refractivity (Wildman–Crippen MR) is 163 cm³/mol. The topological polar surface area (TPSA) is 25.8 Å². The molecule has 1 radical (unpaired) electrons. The first-order chi connectivity index (χ1) is 19.8. The van der Waals surface area contributed by atoms with Gasteiger partial charge in [-0.2, -0.15) is 0 Å². The monoisotopic (exact) mass is 726 g/mol. The second-order valence-electron chi connectivity index (χ2n) is 10.5. The Morgan fingerprint density at radius 2 is 1.55 bits per heavy atom. The van der Waals surface area contributed by atoms with E-state index in [9.17, 15) is 4.39 Å². The van der Waals surface area contributed by atoms with Gasteiger partial charge in [-0.25, -0.2) is 0 Å². The van der Waals surface area contributed by atoms with Crippen molar-refractivity contribution in [3.63, 3.8) is 0 Å². The van der Waals surface area contributed by atoms with Crippen LogP contribution in [0.3, 0.4) is 0 Å². The molecule has 0 amide bonds. The van der Waals surface area contributed by atoms with Crippen molar-refractivity contribution >= 4 is 13.3 Å².